The van der Waals surface area contributed by atoms with Crippen LogP contribution in [0.5, 0.6) is 0 Å². The minimum Gasteiger partial charge on any atom is -0.356 e. The molecule has 1 fully saturated rings. The number of aliphatic imine (C=N–C) groups is 1. The lowest BCUT2D eigenvalue weighted by atomic mass is 9.99. The number of halogens is 1. The largest absolute Gasteiger partial charge is 0.356 e. The van der Waals surface area contributed by atoms with Crippen molar-refractivity contribution in [3.63, 3.8) is 0 Å². The molecule has 0 bridgehead atoms. The van der Waals surface area contributed by atoms with Crippen molar-refractivity contribution in [2.75, 3.05) is 47.3 Å². The predicted octanol–water partition coefficient (Wildman–Crippen LogP) is 3.15. The molecule has 27 heavy (non-hydrogen) atoms. The van der Waals surface area contributed by atoms with Crippen LogP contribution in [0.4, 0.5) is 0 Å². The van der Waals surface area contributed by atoms with E-state index in [1.807, 2.05) is 7.05 Å². The molecule has 0 aromatic heterocycles. The number of piperidine rings is 1. The summed E-state index contributed by atoms with van der Waals surface area (Å²) in [7, 11) is 6.03. The van der Waals surface area contributed by atoms with Gasteiger partial charge in [0.25, 0.3) is 0 Å². The summed E-state index contributed by atoms with van der Waals surface area (Å²) >= 11 is 0. The number of hydrogen-bond donors (Lipinski definition) is 2. The minimum absolute atomic E-state index is 0. The van der Waals surface area contributed by atoms with E-state index >= 15 is 0 Å². The summed E-state index contributed by atoms with van der Waals surface area (Å²) in [6, 6.07) is 8.73. The quantitative estimate of drug-likeness (QED) is 0.256. The molecule has 0 amide bonds. The second-order valence-corrected chi connectivity index (χ2v) is 7.79. The molecule has 0 spiro atoms. The number of nitrogens with zero attached hydrogens (tertiary/aromatic N) is 3. The van der Waals surface area contributed by atoms with E-state index in [1.54, 1.807) is 0 Å². The van der Waals surface area contributed by atoms with Crippen LogP contribution in [0.3, 0.4) is 0 Å². The van der Waals surface area contributed by atoms with Gasteiger partial charge in [-0.1, -0.05) is 31.2 Å². The highest BCUT2D eigenvalue weighted by Gasteiger charge is 2.14. The Morgan fingerprint density at radius 2 is 1.89 bits per heavy atom. The molecule has 0 aliphatic carbocycles. The summed E-state index contributed by atoms with van der Waals surface area (Å²) in [5.41, 5.74) is 2.63. The molecule has 0 unspecified atom stereocenters. The molecular formula is C21H38IN5. The molecule has 1 aliphatic rings. The van der Waals surface area contributed by atoms with Crippen molar-refractivity contribution in [1.29, 1.82) is 0 Å². The molecule has 5 nitrogen and oxygen atoms in total. The molecule has 2 N–H and O–H groups in total. The Hall–Kier alpha value is -0.860. The third-order valence-electron chi connectivity index (χ3n) is 4.99. The van der Waals surface area contributed by atoms with Crippen LogP contribution in [0.15, 0.2) is 29.3 Å². The van der Waals surface area contributed by atoms with Crippen LogP contribution < -0.4 is 10.6 Å². The molecule has 154 valence electrons. The Labute approximate surface area is 183 Å². The van der Waals surface area contributed by atoms with Gasteiger partial charge < -0.3 is 20.4 Å². The highest BCUT2D eigenvalue weighted by molar-refractivity contribution is 14.0. The normalized spacial score (nSPS) is 16.3. The molecule has 1 aromatic rings. The van der Waals surface area contributed by atoms with E-state index in [0.29, 0.717) is 0 Å². The lowest BCUT2D eigenvalue weighted by Gasteiger charge is -2.30. The van der Waals surface area contributed by atoms with E-state index in [4.69, 9.17) is 0 Å². The van der Waals surface area contributed by atoms with Crippen molar-refractivity contribution in [2.45, 2.75) is 39.3 Å². The van der Waals surface area contributed by atoms with E-state index in [0.717, 1.165) is 37.9 Å². The number of likely N-dealkylation sites (tertiary alicyclic amines) is 1. The monoisotopic (exact) mass is 487 g/mol. The number of rotatable bonds is 8. The standard InChI is InChI=1S/C21H37N5.HI/c1-18-9-13-26(14-10-18)12-6-11-23-21(22-2)24-16-19-7-5-8-20(15-19)17-25(3)4;/h5,7-8,15,18H,6,9-14,16-17H2,1-4H3,(H2,22,23,24);1H. The lowest BCUT2D eigenvalue weighted by molar-refractivity contribution is 0.191. The van der Waals surface area contributed by atoms with Crippen LogP contribution in [-0.2, 0) is 13.1 Å². The van der Waals surface area contributed by atoms with Gasteiger partial charge in [-0.15, -0.1) is 24.0 Å². The third-order valence-corrected chi connectivity index (χ3v) is 4.99. The average molecular weight is 487 g/mol. The van der Waals surface area contributed by atoms with E-state index in [1.165, 1.54) is 43.6 Å². The second-order valence-electron chi connectivity index (χ2n) is 7.79. The van der Waals surface area contributed by atoms with Gasteiger partial charge >= 0.3 is 0 Å². The molecule has 6 heteroatoms. The van der Waals surface area contributed by atoms with Crippen LogP contribution in [-0.4, -0.2) is 63.1 Å². The van der Waals surface area contributed by atoms with Crippen molar-refractivity contribution in [3.8, 4) is 0 Å². The van der Waals surface area contributed by atoms with Crippen LogP contribution in [0.2, 0.25) is 0 Å². The Kier molecular flexibility index (Phi) is 11.9. The predicted molar refractivity (Wildman–Crippen MR) is 127 cm³/mol. The third kappa shape index (κ3) is 9.76. The zero-order valence-corrected chi connectivity index (χ0v) is 19.8. The summed E-state index contributed by atoms with van der Waals surface area (Å²) < 4.78 is 0. The highest BCUT2D eigenvalue weighted by atomic mass is 127. The summed E-state index contributed by atoms with van der Waals surface area (Å²) in [4.78, 5) is 9.12. The first-order chi connectivity index (χ1) is 12.6. The van der Waals surface area contributed by atoms with Gasteiger partial charge in [-0.3, -0.25) is 4.99 Å². The van der Waals surface area contributed by atoms with Crippen molar-refractivity contribution in [3.05, 3.63) is 35.4 Å². The Morgan fingerprint density at radius 1 is 1.19 bits per heavy atom. The second kappa shape index (κ2) is 13.3. The number of benzene rings is 1. The maximum atomic E-state index is 4.34. The maximum Gasteiger partial charge on any atom is 0.191 e. The molecule has 1 saturated heterocycles. The van der Waals surface area contributed by atoms with Crippen LogP contribution >= 0.6 is 24.0 Å². The smallest absolute Gasteiger partial charge is 0.191 e. The van der Waals surface area contributed by atoms with Crippen LogP contribution in [0.25, 0.3) is 0 Å². The van der Waals surface area contributed by atoms with E-state index < -0.39 is 0 Å². The highest BCUT2D eigenvalue weighted by Crippen LogP contribution is 2.15. The number of nitrogens with one attached hydrogen (secondary N) is 2. The fourth-order valence-corrected chi connectivity index (χ4v) is 3.40. The zero-order chi connectivity index (χ0) is 18.8. The van der Waals surface area contributed by atoms with Gasteiger partial charge in [-0.25, -0.2) is 0 Å². The van der Waals surface area contributed by atoms with Crippen molar-refractivity contribution >= 4 is 29.9 Å². The van der Waals surface area contributed by atoms with Crippen molar-refractivity contribution in [1.82, 2.24) is 20.4 Å². The van der Waals surface area contributed by atoms with Gasteiger partial charge in [0, 0.05) is 26.7 Å². The lowest BCUT2D eigenvalue weighted by Crippen LogP contribution is -2.39. The van der Waals surface area contributed by atoms with E-state index in [9.17, 15) is 0 Å². The van der Waals surface area contributed by atoms with Crippen LogP contribution in [0.1, 0.15) is 37.3 Å². The average Bonchev–Trinajstić information content (AvgIpc) is 2.62. The van der Waals surface area contributed by atoms with Gasteiger partial charge in [-0.05, 0) is 70.0 Å². The molecule has 0 saturated carbocycles. The first-order valence-electron chi connectivity index (χ1n) is 9.96. The molecule has 1 aromatic carbocycles. The van der Waals surface area contributed by atoms with Crippen molar-refractivity contribution < 1.29 is 0 Å². The summed E-state index contributed by atoms with van der Waals surface area (Å²) in [6.45, 7) is 8.80. The van der Waals surface area contributed by atoms with Gasteiger partial charge in [0.15, 0.2) is 5.96 Å². The zero-order valence-electron chi connectivity index (χ0n) is 17.5. The maximum absolute atomic E-state index is 4.34. The van der Waals surface area contributed by atoms with Gasteiger partial charge in [0.1, 0.15) is 0 Å². The molecule has 1 aliphatic heterocycles. The topological polar surface area (TPSA) is 42.9 Å². The van der Waals surface area contributed by atoms with Gasteiger partial charge in [-0.2, -0.15) is 0 Å². The Bertz CT molecular complexity index is 553. The van der Waals surface area contributed by atoms with Gasteiger partial charge in [0.2, 0.25) is 0 Å². The summed E-state index contributed by atoms with van der Waals surface area (Å²) in [5, 5.41) is 6.86. The summed E-state index contributed by atoms with van der Waals surface area (Å²) in [5.74, 6) is 1.79. The Morgan fingerprint density at radius 3 is 2.56 bits per heavy atom. The first kappa shape index (κ1) is 24.2. The first-order valence-corrected chi connectivity index (χ1v) is 9.96. The molecule has 2 rings (SSSR count). The molecular weight excluding hydrogens is 449 g/mol. The van der Waals surface area contributed by atoms with E-state index in [2.05, 4.69) is 70.7 Å². The number of hydrogen-bond acceptors (Lipinski definition) is 3. The molecule has 1 heterocycles. The molecule has 0 radical (unpaired) electrons. The Balaban J connectivity index is 0.00000364. The van der Waals surface area contributed by atoms with E-state index in [-0.39, 0.29) is 24.0 Å². The van der Waals surface area contributed by atoms with Crippen LogP contribution in [0, 0.1) is 5.92 Å². The molecule has 0 atom stereocenters. The SMILES string of the molecule is CN=C(NCCCN1CCC(C)CC1)NCc1cccc(CN(C)C)c1.I. The number of guanidine groups is 1. The fraction of sp³-hybridized carbons (Fsp3) is 0.667. The summed E-state index contributed by atoms with van der Waals surface area (Å²) in [6.07, 6.45) is 3.86. The fourth-order valence-electron chi connectivity index (χ4n) is 3.40. The van der Waals surface area contributed by atoms with Gasteiger partial charge in [0.05, 0.1) is 0 Å². The van der Waals surface area contributed by atoms with Crippen molar-refractivity contribution in [2.24, 2.45) is 10.9 Å². The minimum atomic E-state index is 0.